The zero-order chi connectivity index (χ0) is 13.1. The molecule has 3 nitrogen and oxygen atoms in total. The molecule has 4 heteroatoms. The van der Waals surface area contributed by atoms with Crippen LogP contribution in [0.2, 0.25) is 0 Å². The quantitative estimate of drug-likeness (QED) is 0.690. The van der Waals surface area contributed by atoms with E-state index >= 15 is 0 Å². The number of likely N-dealkylation sites (tertiary alicyclic amines) is 1. The van der Waals surface area contributed by atoms with Crippen LogP contribution in [0.15, 0.2) is 18.2 Å². The molecule has 1 fully saturated rings. The van der Waals surface area contributed by atoms with Gasteiger partial charge in [0.05, 0.1) is 6.04 Å². The summed E-state index contributed by atoms with van der Waals surface area (Å²) in [6.45, 7) is 5.09. The number of carbonyl (C=O) groups is 1. The molecule has 1 aromatic rings. The third kappa shape index (κ3) is 4.02. The molecule has 0 aliphatic carbocycles. The molecule has 1 unspecified atom stereocenters. The third-order valence-electron chi connectivity index (χ3n) is 3.80. The van der Waals surface area contributed by atoms with Crippen molar-refractivity contribution in [1.82, 2.24) is 4.90 Å². The third-order valence-corrected chi connectivity index (χ3v) is 3.80. The van der Waals surface area contributed by atoms with Crippen molar-refractivity contribution >= 4 is 38.9 Å². The van der Waals surface area contributed by atoms with E-state index in [1.807, 2.05) is 39.1 Å². The standard InChI is InChI=1S/C15H22N2O.Pb.2H/c1-11-7-6-8-12(2)14(11)16-15(18)13-9-4-5-10-17(13)3;;;/h6-8,13H,4-5,9-10H2,1-3H3,(H,16,18);;;. The zero-order valence-electron chi connectivity index (χ0n) is 12.2. The molecular formula is C15H24N2OPb. The molecule has 0 saturated carbocycles. The molecule has 1 saturated heterocycles. The van der Waals surface area contributed by atoms with Crippen molar-refractivity contribution in [2.75, 3.05) is 18.9 Å². The number of piperidine rings is 1. The molecule has 0 aromatic heterocycles. The minimum atomic E-state index is 0. The van der Waals surface area contributed by atoms with Gasteiger partial charge < -0.3 is 5.32 Å². The summed E-state index contributed by atoms with van der Waals surface area (Å²) in [7, 11) is 2.04. The van der Waals surface area contributed by atoms with E-state index in [1.54, 1.807) is 0 Å². The second-order valence-electron chi connectivity index (χ2n) is 5.25. The number of benzene rings is 1. The fourth-order valence-corrected chi connectivity index (χ4v) is 2.62. The number of anilines is 1. The zero-order valence-corrected chi connectivity index (χ0v) is 17.7. The summed E-state index contributed by atoms with van der Waals surface area (Å²) in [5.74, 6) is 0.134. The van der Waals surface area contributed by atoms with Crippen LogP contribution in [0, 0.1) is 13.8 Å². The number of hydrogen-bond acceptors (Lipinski definition) is 2. The number of likely N-dealkylation sites (N-methyl/N-ethyl adjacent to an activating group) is 1. The van der Waals surface area contributed by atoms with Crippen LogP contribution in [0.5, 0.6) is 0 Å². The predicted octanol–water partition coefficient (Wildman–Crippen LogP) is 1.81. The summed E-state index contributed by atoms with van der Waals surface area (Å²) < 4.78 is 0. The van der Waals surface area contributed by atoms with E-state index in [4.69, 9.17) is 0 Å². The van der Waals surface area contributed by atoms with Crippen LogP contribution in [-0.4, -0.2) is 57.7 Å². The molecule has 1 N–H and O–H groups in total. The Bertz CT molecular complexity index is 428. The Morgan fingerprint density at radius 3 is 2.47 bits per heavy atom. The molecule has 1 atom stereocenters. The van der Waals surface area contributed by atoms with Crippen molar-refractivity contribution in [3.05, 3.63) is 29.3 Å². The number of nitrogens with zero attached hydrogens (tertiary/aromatic N) is 1. The number of para-hydroxylation sites is 1. The molecule has 0 bridgehead atoms. The van der Waals surface area contributed by atoms with E-state index in [9.17, 15) is 4.79 Å². The Hall–Kier alpha value is -0.428. The van der Waals surface area contributed by atoms with Crippen LogP contribution >= 0.6 is 0 Å². The number of carbonyl (C=O) groups excluding carboxylic acids is 1. The summed E-state index contributed by atoms with van der Waals surface area (Å²) in [6.07, 6.45) is 3.31. The van der Waals surface area contributed by atoms with Crippen LogP contribution in [-0.2, 0) is 4.79 Å². The van der Waals surface area contributed by atoms with Crippen LogP contribution in [0.25, 0.3) is 0 Å². The summed E-state index contributed by atoms with van der Waals surface area (Å²) in [5.41, 5.74) is 3.23. The first-order valence-corrected chi connectivity index (χ1v) is 6.67. The molecule has 1 aromatic carbocycles. The molecule has 2 radical (unpaired) electrons. The van der Waals surface area contributed by atoms with E-state index in [1.165, 1.54) is 6.42 Å². The Labute approximate surface area is 135 Å². The Morgan fingerprint density at radius 1 is 1.26 bits per heavy atom. The van der Waals surface area contributed by atoms with Crippen molar-refractivity contribution in [2.45, 2.75) is 39.2 Å². The number of amides is 1. The molecule has 2 rings (SSSR count). The van der Waals surface area contributed by atoms with Crippen molar-refractivity contribution < 1.29 is 4.79 Å². The normalized spacial score (nSPS) is 19.6. The first-order valence-electron chi connectivity index (χ1n) is 6.67. The van der Waals surface area contributed by atoms with Crippen LogP contribution in [0.1, 0.15) is 30.4 Å². The van der Waals surface area contributed by atoms with Gasteiger partial charge in [-0.3, -0.25) is 9.69 Å². The van der Waals surface area contributed by atoms with Crippen molar-refractivity contribution in [3.8, 4) is 0 Å². The second kappa shape index (κ2) is 7.38. The van der Waals surface area contributed by atoms with E-state index in [2.05, 4.69) is 10.2 Å². The van der Waals surface area contributed by atoms with Gasteiger partial charge in [-0.25, -0.2) is 0 Å². The molecule has 19 heavy (non-hydrogen) atoms. The number of aryl methyl sites for hydroxylation is 2. The van der Waals surface area contributed by atoms with Gasteiger partial charge in [-0.2, -0.15) is 0 Å². The molecule has 0 spiro atoms. The first-order chi connectivity index (χ1) is 8.59. The summed E-state index contributed by atoms with van der Waals surface area (Å²) >= 11 is 0. The molecule has 1 aliphatic rings. The average molecular weight is 456 g/mol. The first kappa shape index (κ1) is 16.6. The van der Waals surface area contributed by atoms with Gasteiger partial charge in [0.15, 0.2) is 0 Å². The Morgan fingerprint density at radius 2 is 1.89 bits per heavy atom. The SMILES string of the molecule is Cc1cccc(C)c1NC(=O)C1CCCCN1C.[PbH2]. The fourth-order valence-electron chi connectivity index (χ4n) is 2.62. The van der Waals surface area contributed by atoms with Gasteiger partial charge in [-0.05, 0) is 51.4 Å². The number of nitrogens with one attached hydrogen (secondary N) is 1. The van der Waals surface area contributed by atoms with Gasteiger partial charge >= 0.3 is 27.3 Å². The monoisotopic (exact) mass is 456 g/mol. The molecule has 1 aliphatic heterocycles. The maximum absolute atomic E-state index is 12.3. The van der Waals surface area contributed by atoms with Crippen molar-refractivity contribution in [2.24, 2.45) is 0 Å². The van der Waals surface area contributed by atoms with Crippen LogP contribution < -0.4 is 5.32 Å². The summed E-state index contributed by atoms with van der Waals surface area (Å²) in [6, 6.07) is 6.12. The van der Waals surface area contributed by atoms with Crippen LogP contribution in [0.4, 0.5) is 5.69 Å². The topological polar surface area (TPSA) is 32.3 Å². The summed E-state index contributed by atoms with van der Waals surface area (Å²) in [4.78, 5) is 14.5. The van der Waals surface area contributed by atoms with Gasteiger partial charge in [0, 0.05) is 5.69 Å². The fraction of sp³-hybridized carbons (Fsp3) is 0.533. The molecule has 1 amide bonds. The van der Waals surface area contributed by atoms with Crippen LogP contribution in [0.3, 0.4) is 0 Å². The molecule has 1 heterocycles. The Balaban J connectivity index is 0.00000180. The van der Waals surface area contributed by atoms with E-state index in [-0.39, 0.29) is 39.2 Å². The number of hydrogen-bond donors (Lipinski definition) is 1. The van der Waals surface area contributed by atoms with E-state index in [0.29, 0.717) is 0 Å². The van der Waals surface area contributed by atoms with E-state index < -0.39 is 0 Å². The van der Waals surface area contributed by atoms with E-state index in [0.717, 1.165) is 36.2 Å². The van der Waals surface area contributed by atoms with Gasteiger partial charge in [0.25, 0.3) is 0 Å². The van der Waals surface area contributed by atoms with Crippen molar-refractivity contribution in [1.29, 1.82) is 0 Å². The molecule has 104 valence electrons. The second-order valence-corrected chi connectivity index (χ2v) is 5.25. The number of rotatable bonds is 2. The van der Waals surface area contributed by atoms with Gasteiger partial charge in [0.1, 0.15) is 0 Å². The maximum atomic E-state index is 12.3. The summed E-state index contributed by atoms with van der Waals surface area (Å²) in [5, 5.41) is 3.10. The minimum absolute atomic E-state index is 0. The molecular weight excluding hydrogens is 431 g/mol. The Kier molecular flexibility index (Phi) is 6.46. The average Bonchev–Trinajstić information content (AvgIpc) is 2.34. The van der Waals surface area contributed by atoms with Gasteiger partial charge in [-0.1, -0.05) is 24.6 Å². The predicted molar refractivity (Wildman–Crippen MR) is 83.4 cm³/mol. The van der Waals surface area contributed by atoms with Crippen molar-refractivity contribution in [3.63, 3.8) is 0 Å². The van der Waals surface area contributed by atoms with Gasteiger partial charge in [0.2, 0.25) is 5.91 Å². The van der Waals surface area contributed by atoms with Gasteiger partial charge in [-0.15, -0.1) is 0 Å².